The molecule has 0 saturated carbocycles. The van der Waals surface area contributed by atoms with Crippen molar-refractivity contribution in [3.8, 4) is 0 Å². The summed E-state index contributed by atoms with van der Waals surface area (Å²) in [5, 5.41) is 3.49. The molecule has 0 aliphatic heterocycles. The molecule has 0 aromatic carbocycles. The van der Waals surface area contributed by atoms with E-state index < -0.39 is 0 Å². The van der Waals surface area contributed by atoms with Gasteiger partial charge < -0.3 is 9.88 Å². The van der Waals surface area contributed by atoms with Crippen LogP contribution in [0.3, 0.4) is 0 Å². The SMILES string of the molecule is Cn1cnc(Nc2nc(Cl)nc3c2CCC3)c1. The summed E-state index contributed by atoms with van der Waals surface area (Å²) in [6.45, 7) is 0. The number of rotatable bonds is 2. The van der Waals surface area contributed by atoms with Gasteiger partial charge in [0.25, 0.3) is 0 Å². The first-order valence-electron chi connectivity index (χ1n) is 5.52. The molecule has 17 heavy (non-hydrogen) atoms. The predicted molar refractivity (Wildman–Crippen MR) is 65.6 cm³/mol. The zero-order chi connectivity index (χ0) is 11.8. The van der Waals surface area contributed by atoms with Crippen LogP contribution in [0.5, 0.6) is 0 Å². The standard InChI is InChI=1S/C11H12ClN5/c1-17-5-9(13-6-17)15-10-7-3-2-4-8(7)14-11(12)16-10/h5-6H,2-4H2,1H3,(H,14,15,16). The summed E-state index contributed by atoms with van der Waals surface area (Å²) < 4.78 is 1.88. The second kappa shape index (κ2) is 4.00. The Kier molecular flexibility index (Phi) is 2.48. The first-order chi connectivity index (χ1) is 8.22. The van der Waals surface area contributed by atoms with Gasteiger partial charge in [0.15, 0.2) is 0 Å². The van der Waals surface area contributed by atoms with Crippen molar-refractivity contribution in [2.75, 3.05) is 5.32 Å². The molecule has 5 nitrogen and oxygen atoms in total. The van der Waals surface area contributed by atoms with Gasteiger partial charge in [0.1, 0.15) is 11.6 Å². The van der Waals surface area contributed by atoms with Gasteiger partial charge in [0.2, 0.25) is 5.28 Å². The molecule has 2 heterocycles. The molecule has 0 bridgehead atoms. The van der Waals surface area contributed by atoms with Gasteiger partial charge in [0.05, 0.1) is 12.0 Å². The van der Waals surface area contributed by atoms with Gasteiger partial charge in [-0.2, -0.15) is 0 Å². The Balaban J connectivity index is 1.98. The molecular formula is C11H12ClN5. The Morgan fingerprint density at radius 2 is 2.24 bits per heavy atom. The van der Waals surface area contributed by atoms with Crippen LogP contribution in [0, 0.1) is 0 Å². The van der Waals surface area contributed by atoms with Crippen molar-refractivity contribution in [3.05, 3.63) is 29.1 Å². The van der Waals surface area contributed by atoms with Crippen molar-refractivity contribution in [3.63, 3.8) is 0 Å². The molecule has 1 N–H and O–H groups in total. The van der Waals surface area contributed by atoms with Gasteiger partial charge in [-0.15, -0.1) is 0 Å². The number of aromatic nitrogens is 4. The summed E-state index contributed by atoms with van der Waals surface area (Å²) in [6, 6.07) is 0. The monoisotopic (exact) mass is 249 g/mol. The predicted octanol–water partition coefficient (Wildman–Crippen LogP) is 2.10. The van der Waals surface area contributed by atoms with Crippen molar-refractivity contribution >= 4 is 23.2 Å². The number of fused-ring (bicyclic) bond motifs is 1. The van der Waals surface area contributed by atoms with E-state index in [1.807, 2.05) is 17.8 Å². The zero-order valence-corrected chi connectivity index (χ0v) is 10.2. The van der Waals surface area contributed by atoms with Crippen molar-refractivity contribution in [1.82, 2.24) is 19.5 Å². The quantitative estimate of drug-likeness (QED) is 0.828. The first-order valence-corrected chi connectivity index (χ1v) is 5.90. The molecule has 0 atom stereocenters. The maximum absolute atomic E-state index is 5.91. The molecule has 1 aliphatic rings. The molecule has 1 aliphatic carbocycles. The smallest absolute Gasteiger partial charge is 0.224 e. The Morgan fingerprint density at radius 3 is 3.00 bits per heavy atom. The van der Waals surface area contributed by atoms with Crippen LogP contribution in [0.15, 0.2) is 12.5 Å². The van der Waals surface area contributed by atoms with Crippen LogP contribution in [-0.4, -0.2) is 19.5 Å². The van der Waals surface area contributed by atoms with Crippen LogP contribution in [-0.2, 0) is 19.9 Å². The Hall–Kier alpha value is -1.62. The molecule has 2 aromatic rings. The lowest BCUT2D eigenvalue weighted by atomic mass is 10.2. The molecule has 0 unspecified atom stereocenters. The lowest BCUT2D eigenvalue weighted by molar-refractivity contribution is 0.899. The minimum Gasteiger partial charge on any atom is -0.338 e. The first kappa shape index (κ1) is 10.5. The molecule has 88 valence electrons. The maximum Gasteiger partial charge on any atom is 0.224 e. The van der Waals surface area contributed by atoms with Crippen molar-refractivity contribution in [2.24, 2.45) is 7.05 Å². The van der Waals surface area contributed by atoms with Crippen LogP contribution in [0.1, 0.15) is 17.7 Å². The summed E-state index contributed by atoms with van der Waals surface area (Å²) in [6.07, 6.45) is 6.74. The molecule has 3 rings (SSSR count). The summed E-state index contributed by atoms with van der Waals surface area (Å²) in [5.41, 5.74) is 2.23. The Bertz CT molecular complexity index is 563. The highest BCUT2D eigenvalue weighted by atomic mass is 35.5. The van der Waals surface area contributed by atoms with Crippen LogP contribution in [0.25, 0.3) is 0 Å². The topological polar surface area (TPSA) is 55.6 Å². The number of anilines is 2. The Labute approximate surface area is 104 Å². The van der Waals surface area contributed by atoms with Crippen molar-refractivity contribution in [2.45, 2.75) is 19.3 Å². The number of imidazole rings is 1. The van der Waals surface area contributed by atoms with Gasteiger partial charge in [-0.1, -0.05) is 0 Å². The maximum atomic E-state index is 5.91. The molecule has 0 spiro atoms. The molecule has 0 fully saturated rings. The number of aryl methyl sites for hydroxylation is 2. The lowest BCUT2D eigenvalue weighted by Crippen LogP contribution is -2.02. The van der Waals surface area contributed by atoms with Crippen LogP contribution in [0.2, 0.25) is 5.28 Å². The second-order valence-corrected chi connectivity index (χ2v) is 4.51. The lowest BCUT2D eigenvalue weighted by Gasteiger charge is -2.07. The zero-order valence-electron chi connectivity index (χ0n) is 9.44. The van der Waals surface area contributed by atoms with Crippen molar-refractivity contribution < 1.29 is 0 Å². The fourth-order valence-corrected chi connectivity index (χ4v) is 2.29. The minimum absolute atomic E-state index is 0.295. The highest BCUT2D eigenvalue weighted by Gasteiger charge is 2.19. The van der Waals surface area contributed by atoms with Gasteiger partial charge >= 0.3 is 0 Å². The van der Waals surface area contributed by atoms with E-state index in [0.29, 0.717) is 5.28 Å². The summed E-state index contributed by atoms with van der Waals surface area (Å²) in [4.78, 5) is 12.7. The van der Waals surface area contributed by atoms with E-state index in [1.165, 1.54) is 5.56 Å². The van der Waals surface area contributed by atoms with E-state index >= 15 is 0 Å². The van der Waals surface area contributed by atoms with Crippen LogP contribution >= 0.6 is 11.6 Å². The Morgan fingerprint density at radius 1 is 1.35 bits per heavy atom. The van der Waals surface area contributed by atoms with Crippen LogP contribution in [0.4, 0.5) is 11.6 Å². The summed E-state index contributed by atoms with van der Waals surface area (Å²) >= 11 is 5.91. The highest BCUT2D eigenvalue weighted by Crippen LogP contribution is 2.28. The van der Waals surface area contributed by atoms with Crippen LogP contribution < -0.4 is 5.32 Å². The third-order valence-electron chi connectivity index (χ3n) is 2.86. The fraction of sp³-hybridized carbons (Fsp3) is 0.364. The van der Waals surface area contributed by atoms with E-state index in [1.54, 1.807) is 6.33 Å². The fourth-order valence-electron chi connectivity index (χ4n) is 2.10. The molecule has 0 saturated heterocycles. The normalized spacial score (nSPS) is 13.8. The molecular weight excluding hydrogens is 238 g/mol. The average Bonchev–Trinajstić information content (AvgIpc) is 2.87. The third kappa shape index (κ3) is 1.98. The van der Waals surface area contributed by atoms with Gasteiger partial charge in [-0.25, -0.2) is 15.0 Å². The van der Waals surface area contributed by atoms with E-state index in [2.05, 4.69) is 20.3 Å². The largest absolute Gasteiger partial charge is 0.338 e. The molecule has 2 aromatic heterocycles. The van der Waals surface area contributed by atoms with Crippen molar-refractivity contribution in [1.29, 1.82) is 0 Å². The average molecular weight is 250 g/mol. The number of nitrogens with one attached hydrogen (secondary N) is 1. The van der Waals surface area contributed by atoms with E-state index in [9.17, 15) is 0 Å². The number of hydrogen-bond donors (Lipinski definition) is 1. The second-order valence-electron chi connectivity index (χ2n) is 4.17. The van der Waals surface area contributed by atoms with E-state index in [0.717, 1.165) is 36.6 Å². The van der Waals surface area contributed by atoms with Gasteiger partial charge in [-0.05, 0) is 30.9 Å². The van der Waals surface area contributed by atoms with E-state index in [-0.39, 0.29) is 0 Å². The summed E-state index contributed by atoms with van der Waals surface area (Å²) in [7, 11) is 1.93. The molecule has 6 heteroatoms. The minimum atomic E-state index is 0.295. The number of nitrogens with zero attached hydrogens (tertiary/aromatic N) is 4. The van der Waals surface area contributed by atoms with E-state index in [4.69, 9.17) is 11.6 Å². The molecule has 0 radical (unpaired) electrons. The highest BCUT2D eigenvalue weighted by molar-refractivity contribution is 6.28. The third-order valence-corrected chi connectivity index (χ3v) is 3.03. The summed E-state index contributed by atoms with van der Waals surface area (Å²) in [5.74, 6) is 1.56. The van der Waals surface area contributed by atoms with Gasteiger partial charge in [-0.3, -0.25) is 0 Å². The number of halogens is 1. The molecule has 0 amide bonds. The van der Waals surface area contributed by atoms with Gasteiger partial charge in [0, 0.05) is 18.8 Å². The number of hydrogen-bond acceptors (Lipinski definition) is 4.